The molecule has 0 aliphatic rings. The molecular weight excluding hydrogens is 246 g/mol. The number of rotatable bonds is 3. The largest absolute Gasteiger partial charge is 0.378 e. The number of imidazole rings is 1. The zero-order chi connectivity index (χ0) is 14.1. The predicted octanol–water partition coefficient (Wildman–Crippen LogP) is 3.46. The molecule has 0 aliphatic heterocycles. The summed E-state index contributed by atoms with van der Waals surface area (Å²) in [6.45, 7) is 3.03. The molecule has 0 bridgehead atoms. The molecule has 2 aromatic carbocycles. The highest BCUT2D eigenvalue weighted by Gasteiger charge is 2.05. The van der Waals surface area contributed by atoms with Gasteiger partial charge in [-0.15, -0.1) is 0 Å². The molecule has 3 nitrogen and oxygen atoms in total. The first-order valence-electron chi connectivity index (χ1n) is 6.82. The summed E-state index contributed by atoms with van der Waals surface area (Å²) in [4.78, 5) is 6.57. The minimum atomic E-state index is 0.861. The third kappa shape index (κ3) is 2.27. The third-order valence-electron chi connectivity index (χ3n) is 3.71. The molecule has 0 radical (unpaired) electrons. The van der Waals surface area contributed by atoms with Crippen LogP contribution in [0.3, 0.4) is 0 Å². The SMILES string of the molecule is Cc1cc(N(C)C)ccc1Cn1cnc2ccccc21. The maximum atomic E-state index is 4.45. The number of fused-ring (bicyclic) bond motifs is 1. The summed E-state index contributed by atoms with van der Waals surface area (Å²) in [5, 5.41) is 0. The van der Waals surface area contributed by atoms with Crippen molar-refractivity contribution in [2.24, 2.45) is 0 Å². The molecule has 20 heavy (non-hydrogen) atoms. The van der Waals surface area contributed by atoms with E-state index in [-0.39, 0.29) is 0 Å². The molecule has 0 N–H and O–H groups in total. The molecule has 0 amide bonds. The van der Waals surface area contributed by atoms with Crippen LogP contribution in [-0.2, 0) is 6.54 Å². The fourth-order valence-electron chi connectivity index (χ4n) is 2.46. The Morgan fingerprint density at radius 1 is 1.10 bits per heavy atom. The van der Waals surface area contributed by atoms with E-state index in [2.05, 4.69) is 65.8 Å². The number of hydrogen-bond acceptors (Lipinski definition) is 2. The summed E-state index contributed by atoms with van der Waals surface area (Å²) >= 11 is 0. The zero-order valence-electron chi connectivity index (χ0n) is 12.2. The quantitative estimate of drug-likeness (QED) is 0.723. The van der Waals surface area contributed by atoms with E-state index in [0.29, 0.717) is 0 Å². The number of anilines is 1. The van der Waals surface area contributed by atoms with Crippen molar-refractivity contribution in [1.29, 1.82) is 0 Å². The van der Waals surface area contributed by atoms with Crippen molar-refractivity contribution in [2.75, 3.05) is 19.0 Å². The number of aromatic nitrogens is 2. The predicted molar refractivity (Wildman–Crippen MR) is 84.3 cm³/mol. The second-order valence-corrected chi connectivity index (χ2v) is 5.37. The van der Waals surface area contributed by atoms with Gasteiger partial charge in [-0.3, -0.25) is 0 Å². The van der Waals surface area contributed by atoms with E-state index in [0.717, 1.165) is 12.1 Å². The molecule has 1 heterocycles. The average molecular weight is 265 g/mol. The van der Waals surface area contributed by atoms with Gasteiger partial charge in [-0.2, -0.15) is 0 Å². The minimum absolute atomic E-state index is 0.861. The van der Waals surface area contributed by atoms with E-state index in [1.54, 1.807) is 0 Å². The molecule has 0 unspecified atom stereocenters. The summed E-state index contributed by atoms with van der Waals surface area (Å²) in [7, 11) is 4.13. The van der Waals surface area contributed by atoms with Crippen LogP contribution in [0.15, 0.2) is 48.8 Å². The standard InChI is InChI=1S/C17H19N3/c1-13-10-15(19(2)3)9-8-14(13)11-20-12-18-16-6-4-5-7-17(16)20/h4-10,12H,11H2,1-3H3. The van der Waals surface area contributed by atoms with Gasteiger partial charge in [0.1, 0.15) is 0 Å². The maximum Gasteiger partial charge on any atom is 0.0961 e. The van der Waals surface area contributed by atoms with E-state index in [9.17, 15) is 0 Å². The molecule has 0 saturated carbocycles. The number of benzene rings is 2. The molecule has 0 saturated heterocycles. The van der Waals surface area contributed by atoms with Crippen LogP contribution in [0.4, 0.5) is 5.69 Å². The van der Waals surface area contributed by atoms with Gasteiger partial charge in [0.15, 0.2) is 0 Å². The van der Waals surface area contributed by atoms with Crippen LogP contribution in [0.25, 0.3) is 11.0 Å². The molecule has 3 heteroatoms. The smallest absolute Gasteiger partial charge is 0.0961 e. The molecule has 0 spiro atoms. The lowest BCUT2D eigenvalue weighted by Crippen LogP contribution is -2.09. The van der Waals surface area contributed by atoms with Crippen molar-refractivity contribution in [3.05, 3.63) is 59.9 Å². The lowest BCUT2D eigenvalue weighted by Gasteiger charge is -2.15. The molecular formula is C17H19N3. The van der Waals surface area contributed by atoms with Crippen LogP contribution in [0.2, 0.25) is 0 Å². The summed E-state index contributed by atoms with van der Waals surface area (Å²) in [5.41, 5.74) is 6.12. The van der Waals surface area contributed by atoms with Crippen LogP contribution >= 0.6 is 0 Å². The van der Waals surface area contributed by atoms with E-state index in [1.807, 2.05) is 18.5 Å². The number of hydrogen-bond donors (Lipinski definition) is 0. The van der Waals surface area contributed by atoms with Crippen molar-refractivity contribution >= 4 is 16.7 Å². The Bertz CT molecular complexity index is 741. The Labute approximate surface area is 119 Å². The Balaban J connectivity index is 1.95. The van der Waals surface area contributed by atoms with E-state index in [4.69, 9.17) is 0 Å². The van der Waals surface area contributed by atoms with Crippen LogP contribution in [-0.4, -0.2) is 23.6 Å². The number of nitrogens with zero attached hydrogens (tertiary/aromatic N) is 3. The first kappa shape index (κ1) is 12.7. The van der Waals surface area contributed by atoms with Gasteiger partial charge in [0.2, 0.25) is 0 Å². The lowest BCUT2D eigenvalue weighted by atomic mass is 10.1. The van der Waals surface area contributed by atoms with Crippen molar-refractivity contribution in [3.63, 3.8) is 0 Å². The van der Waals surface area contributed by atoms with Gasteiger partial charge in [0.05, 0.1) is 17.4 Å². The normalized spacial score (nSPS) is 10.9. The Morgan fingerprint density at radius 3 is 2.65 bits per heavy atom. The molecule has 0 atom stereocenters. The van der Waals surface area contributed by atoms with Gasteiger partial charge in [-0.25, -0.2) is 4.98 Å². The summed E-state index contributed by atoms with van der Waals surface area (Å²) in [6.07, 6.45) is 1.92. The zero-order valence-corrected chi connectivity index (χ0v) is 12.2. The van der Waals surface area contributed by atoms with E-state index < -0.39 is 0 Å². The molecule has 0 aliphatic carbocycles. The fraction of sp³-hybridized carbons (Fsp3) is 0.235. The molecule has 3 rings (SSSR count). The van der Waals surface area contributed by atoms with Crippen LogP contribution < -0.4 is 4.90 Å². The fourth-order valence-corrected chi connectivity index (χ4v) is 2.46. The second-order valence-electron chi connectivity index (χ2n) is 5.37. The van der Waals surface area contributed by atoms with Gasteiger partial charge in [-0.05, 0) is 42.3 Å². The monoisotopic (exact) mass is 265 g/mol. The van der Waals surface area contributed by atoms with Gasteiger partial charge < -0.3 is 9.47 Å². The molecule has 3 aromatic rings. The molecule has 102 valence electrons. The Morgan fingerprint density at radius 2 is 1.90 bits per heavy atom. The number of aryl methyl sites for hydroxylation is 1. The Hall–Kier alpha value is -2.29. The highest BCUT2D eigenvalue weighted by Crippen LogP contribution is 2.20. The van der Waals surface area contributed by atoms with Crippen LogP contribution in [0.5, 0.6) is 0 Å². The van der Waals surface area contributed by atoms with Gasteiger partial charge in [0.25, 0.3) is 0 Å². The van der Waals surface area contributed by atoms with Crippen LogP contribution in [0.1, 0.15) is 11.1 Å². The van der Waals surface area contributed by atoms with Crippen molar-refractivity contribution in [3.8, 4) is 0 Å². The molecule has 0 fully saturated rings. The first-order valence-corrected chi connectivity index (χ1v) is 6.82. The van der Waals surface area contributed by atoms with Crippen molar-refractivity contribution < 1.29 is 0 Å². The highest BCUT2D eigenvalue weighted by atomic mass is 15.1. The van der Waals surface area contributed by atoms with Crippen LogP contribution in [0, 0.1) is 6.92 Å². The highest BCUT2D eigenvalue weighted by molar-refractivity contribution is 5.75. The topological polar surface area (TPSA) is 21.1 Å². The van der Waals surface area contributed by atoms with Crippen molar-refractivity contribution in [2.45, 2.75) is 13.5 Å². The summed E-state index contributed by atoms with van der Waals surface area (Å²) in [6, 6.07) is 14.9. The minimum Gasteiger partial charge on any atom is -0.378 e. The average Bonchev–Trinajstić information content (AvgIpc) is 2.84. The molecule has 1 aromatic heterocycles. The maximum absolute atomic E-state index is 4.45. The summed E-state index contributed by atoms with van der Waals surface area (Å²) < 4.78 is 2.20. The second kappa shape index (κ2) is 5.00. The van der Waals surface area contributed by atoms with Gasteiger partial charge >= 0.3 is 0 Å². The van der Waals surface area contributed by atoms with E-state index in [1.165, 1.54) is 22.3 Å². The lowest BCUT2D eigenvalue weighted by molar-refractivity contribution is 0.818. The number of para-hydroxylation sites is 2. The van der Waals surface area contributed by atoms with Gasteiger partial charge in [-0.1, -0.05) is 18.2 Å². The van der Waals surface area contributed by atoms with Crippen molar-refractivity contribution in [1.82, 2.24) is 9.55 Å². The summed E-state index contributed by atoms with van der Waals surface area (Å²) in [5.74, 6) is 0. The third-order valence-corrected chi connectivity index (χ3v) is 3.71. The van der Waals surface area contributed by atoms with Gasteiger partial charge in [0, 0.05) is 26.3 Å². The Kier molecular flexibility index (Phi) is 3.18. The van der Waals surface area contributed by atoms with E-state index >= 15 is 0 Å². The first-order chi connectivity index (χ1) is 9.65.